The number of rotatable bonds is 2. The lowest BCUT2D eigenvalue weighted by Gasteiger charge is -2.22. The Hall–Kier alpha value is -1.81. The predicted molar refractivity (Wildman–Crippen MR) is 78.3 cm³/mol. The fourth-order valence-electron chi connectivity index (χ4n) is 2.54. The highest BCUT2D eigenvalue weighted by Crippen LogP contribution is 2.38. The molecule has 0 aliphatic carbocycles. The smallest absolute Gasteiger partial charge is 0.338 e. The van der Waals surface area contributed by atoms with E-state index in [4.69, 9.17) is 0 Å². The topological polar surface area (TPSA) is 40.5 Å². The van der Waals surface area contributed by atoms with Crippen molar-refractivity contribution >= 4 is 33.3 Å². The van der Waals surface area contributed by atoms with Crippen LogP contribution in [0.3, 0.4) is 0 Å². The van der Waals surface area contributed by atoms with Crippen LogP contribution in [0.2, 0.25) is 0 Å². The summed E-state index contributed by atoms with van der Waals surface area (Å²) in [5, 5.41) is 9.40. The lowest BCUT2D eigenvalue weighted by atomic mass is 10.1. The fraction of sp³-hybridized carbons (Fsp3) is 0.133. The summed E-state index contributed by atoms with van der Waals surface area (Å²) in [5.41, 5.74) is 3.42. The van der Waals surface area contributed by atoms with Crippen molar-refractivity contribution in [3.8, 4) is 0 Å². The Morgan fingerprint density at radius 3 is 2.63 bits per heavy atom. The molecule has 0 aromatic heterocycles. The molecule has 0 saturated carbocycles. The monoisotopic (exact) mass is 317 g/mol. The highest BCUT2D eigenvalue weighted by atomic mass is 79.9. The maximum Gasteiger partial charge on any atom is 0.338 e. The van der Waals surface area contributed by atoms with Crippen LogP contribution in [0.1, 0.15) is 15.9 Å². The quantitative estimate of drug-likeness (QED) is 0.914. The van der Waals surface area contributed by atoms with Gasteiger partial charge >= 0.3 is 5.97 Å². The summed E-state index contributed by atoms with van der Waals surface area (Å²) in [7, 11) is 0. The third-order valence-electron chi connectivity index (χ3n) is 3.38. The second kappa shape index (κ2) is 4.70. The number of anilines is 2. The Labute approximate surface area is 119 Å². The molecule has 3 nitrogen and oxygen atoms in total. The first kappa shape index (κ1) is 12.2. The van der Waals surface area contributed by atoms with E-state index in [0.29, 0.717) is 10.0 Å². The van der Waals surface area contributed by atoms with Crippen molar-refractivity contribution in [2.45, 2.75) is 6.42 Å². The molecule has 1 heterocycles. The van der Waals surface area contributed by atoms with Gasteiger partial charge in [0.15, 0.2) is 0 Å². The van der Waals surface area contributed by atoms with Crippen molar-refractivity contribution in [3.63, 3.8) is 0 Å². The number of carbonyl (C=O) groups is 1. The lowest BCUT2D eigenvalue weighted by molar-refractivity contribution is 0.0696. The van der Waals surface area contributed by atoms with Crippen LogP contribution >= 0.6 is 15.9 Å². The van der Waals surface area contributed by atoms with E-state index in [2.05, 4.69) is 26.9 Å². The van der Waals surface area contributed by atoms with Crippen molar-refractivity contribution in [2.75, 3.05) is 11.4 Å². The summed E-state index contributed by atoms with van der Waals surface area (Å²) < 4.78 is 0.613. The maximum absolute atomic E-state index is 11.5. The third kappa shape index (κ3) is 2.02. The Morgan fingerprint density at radius 2 is 1.84 bits per heavy atom. The second-order valence-electron chi connectivity index (χ2n) is 4.47. The zero-order valence-corrected chi connectivity index (χ0v) is 11.7. The van der Waals surface area contributed by atoms with E-state index < -0.39 is 5.97 Å². The molecule has 0 fully saturated rings. The first-order valence-corrected chi connectivity index (χ1v) is 6.85. The molecule has 2 aromatic rings. The van der Waals surface area contributed by atoms with Crippen LogP contribution in [0.25, 0.3) is 0 Å². The molecule has 19 heavy (non-hydrogen) atoms. The first-order chi connectivity index (χ1) is 9.18. The van der Waals surface area contributed by atoms with E-state index in [1.807, 2.05) is 30.3 Å². The summed E-state index contributed by atoms with van der Waals surface area (Å²) in [6.45, 7) is 0.816. The number of carboxylic acids is 1. The van der Waals surface area contributed by atoms with Gasteiger partial charge in [0, 0.05) is 16.7 Å². The molecule has 2 aromatic carbocycles. The van der Waals surface area contributed by atoms with Gasteiger partial charge in [0.2, 0.25) is 0 Å². The number of aromatic carboxylic acids is 1. The molecule has 0 saturated heterocycles. The number of hydrogen-bond acceptors (Lipinski definition) is 2. The average molecular weight is 318 g/mol. The number of benzene rings is 2. The molecule has 3 rings (SSSR count). The molecule has 0 bridgehead atoms. The molecule has 0 amide bonds. The summed E-state index contributed by atoms with van der Waals surface area (Å²) in [4.78, 5) is 13.5. The first-order valence-electron chi connectivity index (χ1n) is 6.06. The zero-order valence-electron chi connectivity index (χ0n) is 10.1. The van der Waals surface area contributed by atoms with Crippen molar-refractivity contribution in [3.05, 3.63) is 58.1 Å². The molecular weight excluding hydrogens is 306 g/mol. The van der Waals surface area contributed by atoms with Gasteiger partial charge in [-0.3, -0.25) is 0 Å². The van der Waals surface area contributed by atoms with Gasteiger partial charge < -0.3 is 10.0 Å². The van der Waals surface area contributed by atoms with E-state index >= 15 is 0 Å². The minimum Gasteiger partial charge on any atom is -0.478 e. The molecule has 1 N–H and O–H groups in total. The summed E-state index contributed by atoms with van der Waals surface area (Å²) in [5.74, 6) is -0.910. The molecular formula is C15H12BrNO2. The highest BCUT2D eigenvalue weighted by Gasteiger charge is 2.25. The summed E-state index contributed by atoms with van der Waals surface area (Å²) in [6.07, 6.45) is 0.946. The van der Waals surface area contributed by atoms with Gasteiger partial charge in [0.05, 0.1) is 11.3 Å². The molecule has 0 unspecified atom stereocenters. The second-order valence-corrected chi connectivity index (χ2v) is 5.32. The van der Waals surface area contributed by atoms with E-state index in [1.165, 1.54) is 5.56 Å². The van der Waals surface area contributed by atoms with Crippen LogP contribution in [0.5, 0.6) is 0 Å². The fourth-order valence-corrected chi connectivity index (χ4v) is 3.06. The standard InChI is InChI=1S/C15H12BrNO2/c16-11-5-3-7-13(14(11)15(18)19)17-9-8-10-4-1-2-6-12(10)17/h1-7H,8-9H2,(H,18,19). The summed E-state index contributed by atoms with van der Waals surface area (Å²) >= 11 is 3.33. The van der Waals surface area contributed by atoms with Gasteiger partial charge in [-0.15, -0.1) is 0 Å². The predicted octanol–water partition coefficient (Wildman–Crippen LogP) is 3.84. The molecule has 0 spiro atoms. The van der Waals surface area contributed by atoms with Gasteiger partial charge in [-0.2, -0.15) is 0 Å². The Morgan fingerprint density at radius 1 is 1.11 bits per heavy atom. The van der Waals surface area contributed by atoms with E-state index in [9.17, 15) is 9.90 Å². The average Bonchev–Trinajstić information content (AvgIpc) is 2.81. The maximum atomic E-state index is 11.5. The van der Waals surface area contributed by atoms with Gasteiger partial charge in [-0.05, 0) is 46.1 Å². The Bertz CT molecular complexity index is 654. The SMILES string of the molecule is O=C(O)c1c(Br)cccc1N1CCc2ccccc21. The van der Waals surface area contributed by atoms with Crippen molar-refractivity contribution in [1.82, 2.24) is 0 Å². The number of para-hydroxylation sites is 1. The van der Waals surface area contributed by atoms with Crippen LogP contribution in [0, 0.1) is 0 Å². The third-order valence-corrected chi connectivity index (χ3v) is 4.04. The van der Waals surface area contributed by atoms with E-state index in [0.717, 1.165) is 24.3 Å². The summed E-state index contributed by atoms with van der Waals surface area (Å²) in [6, 6.07) is 13.6. The number of halogens is 1. The number of hydrogen-bond donors (Lipinski definition) is 1. The van der Waals surface area contributed by atoms with E-state index in [-0.39, 0.29) is 0 Å². The van der Waals surface area contributed by atoms with Crippen LogP contribution in [-0.4, -0.2) is 17.6 Å². The largest absolute Gasteiger partial charge is 0.478 e. The number of fused-ring (bicyclic) bond motifs is 1. The number of nitrogens with zero attached hydrogens (tertiary/aromatic N) is 1. The van der Waals surface area contributed by atoms with Crippen LogP contribution in [0.4, 0.5) is 11.4 Å². The van der Waals surface area contributed by atoms with Crippen molar-refractivity contribution < 1.29 is 9.90 Å². The zero-order chi connectivity index (χ0) is 13.4. The Kier molecular flexibility index (Phi) is 3.03. The van der Waals surface area contributed by atoms with Crippen molar-refractivity contribution in [2.24, 2.45) is 0 Å². The normalized spacial score (nSPS) is 13.4. The van der Waals surface area contributed by atoms with Crippen LogP contribution < -0.4 is 4.90 Å². The minimum atomic E-state index is -0.910. The molecule has 1 aliphatic heterocycles. The minimum absolute atomic E-state index is 0.319. The molecule has 1 aliphatic rings. The van der Waals surface area contributed by atoms with Gasteiger partial charge in [0.1, 0.15) is 0 Å². The van der Waals surface area contributed by atoms with Crippen molar-refractivity contribution in [1.29, 1.82) is 0 Å². The van der Waals surface area contributed by atoms with Gasteiger partial charge in [-0.1, -0.05) is 24.3 Å². The molecule has 0 radical (unpaired) electrons. The van der Waals surface area contributed by atoms with Gasteiger partial charge in [-0.25, -0.2) is 4.79 Å². The van der Waals surface area contributed by atoms with Crippen LogP contribution in [0.15, 0.2) is 46.9 Å². The molecule has 4 heteroatoms. The lowest BCUT2D eigenvalue weighted by Crippen LogP contribution is -2.17. The molecule has 96 valence electrons. The number of carboxylic acid groups (broad SMARTS) is 1. The van der Waals surface area contributed by atoms with Crippen LogP contribution in [-0.2, 0) is 6.42 Å². The molecule has 0 atom stereocenters. The Balaban J connectivity index is 2.15. The van der Waals surface area contributed by atoms with Gasteiger partial charge in [0.25, 0.3) is 0 Å². The highest BCUT2D eigenvalue weighted by molar-refractivity contribution is 9.10. The van der Waals surface area contributed by atoms with E-state index in [1.54, 1.807) is 6.07 Å².